The fourth-order valence-electron chi connectivity index (χ4n) is 2.73. The number of non-ortho nitro benzene ring substituents is 1. The molecule has 2 aromatic rings. The van der Waals surface area contributed by atoms with Gasteiger partial charge in [-0.2, -0.15) is 0 Å². The smallest absolute Gasteiger partial charge is 0.277 e. The molecule has 104 valence electrons. The Balaban J connectivity index is 2.08. The molecule has 2 N–H and O–H groups in total. The highest BCUT2D eigenvalue weighted by molar-refractivity contribution is 5.99. The normalized spacial score (nSPS) is 16.6. The lowest BCUT2D eigenvalue weighted by Gasteiger charge is -2.32. The summed E-state index contributed by atoms with van der Waals surface area (Å²) in [5, 5.41) is 12.6. The van der Waals surface area contributed by atoms with Crippen molar-refractivity contribution in [3.63, 3.8) is 0 Å². The number of rotatable bonds is 2. The van der Waals surface area contributed by atoms with Crippen LogP contribution in [0.2, 0.25) is 0 Å². The van der Waals surface area contributed by atoms with Crippen molar-refractivity contribution in [3.8, 4) is 0 Å². The largest absolute Gasteiger partial charge is 0.371 e. The van der Waals surface area contributed by atoms with Crippen molar-refractivity contribution in [2.45, 2.75) is 18.9 Å². The van der Waals surface area contributed by atoms with Crippen LogP contribution in [0.5, 0.6) is 0 Å². The lowest BCUT2D eigenvalue weighted by Crippen LogP contribution is -2.39. The topological polar surface area (TPSA) is 85.3 Å². The first kappa shape index (κ1) is 12.8. The van der Waals surface area contributed by atoms with E-state index in [9.17, 15) is 10.1 Å². The number of nitro benzene ring substituents is 1. The molecule has 0 saturated carbocycles. The maximum atomic E-state index is 11.1. The first-order chi connectivity index (χ1) is 9.66. The molecule has 3 rings (SSSR count). The van der Waals surface area contributed by atoms with Crippen LogP contribution >= 0.6 is 0 Å². The van der Waals surface area contributed by atoms with Crippen molar-refractivity contribution < 1.29 is 4.92 Å². The summed E-state index contributed by atoms with van der Waals surface area (Å²) in [4.78, 5) is 17.1. The molecule has 0 bridgehead atoms. The van der Waals surface area contributed by atoms with Gasteiger partial charge in [-0.05, 0) is 25.0 Å². The summed E-state index contributed by atoms with van der Waals surface area (Å²) in [6, 6.07) is 5.35. The average molecular weight is 272 g/mol. The van der Waals surface area contributed by atoms with Crippen molar-refractivity contribution in [1.82, 2.24) is 4.98 Å². The number of fused-ring (bicyclic) bond motifs is 1. The van der Waals surface area contributed by atoms with E-state index < -0.39 is 0 Å². The van der Waals surface area contributed by atoms with Gasteiger partial charge in [-0.1, -0.05) is 0 Å². The lowest BCUT2D eigenvalue weighted by molar-refractivity contribution is -0.383. The number of hydrogen-bond donors (Lipinski definition) is 1. The number of aromatic nitrogens is 1. The third-order valence-corrected chi connectivity index (χ3v) is 3.85. The summed E-state index contributed by atoms with van der Waals surface area (Å²) in [5.41, 5.74) is 7.05. The minimum atomic E-state index is -0.349. The van der Waals surface area contributed by atoms with Gasteiger partial charge in [0.05, 0.1) is 10.3 Å². The zero-order valence-electron chi connectivity index (χ0n) is 11.0. The highest BCUT2D eigenvalue weighted by Crippen LogP contribution is 2.33. The van der Waals surface area contributed by atoms with Crippen LogP contribution in [0.3, 0.4) is 0 Å². The van der Waals surface area contributed by atoms with Gasteiger partial charge in [0.1, 0.15) is 0 Å². The molecule has 0 atom stereocenters. The van der Waals surface area contributed by atoms with E-state index in [1.54, 1.807) is 24.5 Å². The minimum Gasteiger partial charge on any atom is -0.371 e. The molecule has 1 aliphatic heterocycles. The van der Waals surface area contributed by atoms with Crippen LogP contribution in [-0.4, -0.2) is 29.0 Å². The fraction of sp³-hybridized carbons (Fsp3) is 0.357. The second kappa shape index (κ2) is 5.05. The number of pyridine rings is 1. The zero-order valence-corrected chi connectivity index (χ0v) is 11.0. The molecule has 1 aliphatic rings. The summed E-state index contributed by atoms with van der Waals surface area (Å²) in [5.74, 6) is 0. The molecule has 2 heterocycles. The Hall–Kier alpha value is -2.21. The molecule has 1 aromatic heterocycles. The lowest BCUT2D eigenvalue weighted by atomic mass is 10.0. The Morgan fingerprint density at radius 1 is 1.25 bits per heavy atom. The summed E-state index contributed by atoms with van der Waals surface area (Å²) >= 11 is 0. The van der Waals surface area contributed by atoms with Gasteiger partial charge in [0.15, 0.2) is 0 Å². The Morgan fingerprint density at radius 2 is 2.00 bits per heavy atom. The molecular weight excluding hydrogens is 256 g/mol. The number of nitrogens with two attached hydrogens (primary N) is 1. The Kier molecular flexibility index (Phi) is 3.23. The number of hydrogen-bond acceptors (Lipinski definition) is 5. The van der Waals surface area contributed by atoms with E-state index in [-0.39, 0.29) is 16.7 Å². The number of piperidine rings is 1. The van der Waals surface area contributed by atoms with Gasteiger partial charge in [0.25, 0.3) is 5.69 Å². The van der Waals surface area contributed by atoms with Crippen LogP contribution in [-0.2, 0) is 0 Å². The second-order valence-corrected chi connectivity index (χ2v) is 5.11. The summed E-state index contributed by atoms with van der Waals surface area (Å²) < 4.78 is 0. The van der Waals surface area contributed by atoms with E-state index in [0.717, 1.165) is 37.0 Å². The summed E-state index contributed by atoms with van der Waals surface area (Å²) in [6.07, 6.45) is 5.18. The van der Waals surface area contributed by atoms with Gasteiger partial charge in [0.2, 0.25) is 0 Å². The predicted octanol–water partition coefficient (Wildman–Crippen LogP) is 2.07. The first-order valence-electron chi connectivity index (χ1n) is 6.68. The van der Waals surface area contributed by atoms with Crippen molar-refractivity contribution >= 4 is 22.1 Å². The maximum Gasteiger partial charge on any atom is 0.277 e. The molecular formula is C14H16N4O2. The fourth-order valence-corrected chi connectivity index (χ4v) is 2.73. The van der Waals surface area contributed by atoms with Crippen molar-refractivity contribution in [2.24, 2.45) is 5.73 Å². The number of nitro groups is 1. The molecule has 6 nitrogen and oxygen atoms in total. The van der Waals surface area contributed by atoms with Gasteiger partial charge in [-0.25, -0.2) is 0 Å². The molecule has 20 heavy (non-hydrogen) atoms. The first-order valence-corrected chi connectivity index (χ1v) is 6.68. The highest BCUT2D eigenvalue weighted by Gasteiger charge is 2.21. The van der Waals surface area contributed by atoms with Gasteiger partial charge >= 0.3 is 0 Å². The molecule has 0 unspecified atom stereocenters. The standard InChI is InChI=1S/C14H16N4O2/c15-10-4-7-17(8-5-10)13-1-2-14(18(19)20)11-3-6-16-9-12(11)13/h1-3,6,9-10H,4-5,7-8,15H2. The molecule has 0 aliphatic carbocycles. The van der Waals surface area contributed by atoms with Crippen molar-refractivity contribution in [1.29, 1.82) is 0 Å². The third kappa shape index (κ3) is 2.18. The second-order valence-electron chi connectivity index (χ2n) is 5.11. The molecule has 0 radical (unpaired) electrons. The Morgan fingerprint density at radius 3 is 2.70 bits per heavy atom. The molecule has 1 fully saturated rings. The van der Waals surface area contributed by atoms with Crippen LogP contribution in [0.25, 0.3) is 10.8 Å². The van der Waals surface area contributed by atoms with E-state index in [4.69, 9.17) is 5.73 Å². The third-order valence-electron chi connectivity index (χ3n) is 3.85. The Labute approximate surface area is 116 Å². The SMILES string of the molecule is NC1CCN(c2ccc([N+](=O)[O-])c3ccncc23)CC1. The Bertz CT molecular complexity index is 651. The maximum absolute atomic E-state index is 11.1. The van der Waals surface area contributed by atoms with Gasteiger partial charge in [-0.3, -0.25) is 15.1 Å². The van der Waals surface area contributed by atoms with Gasteiger partial charge < -0.3 is 10.6 Å². The molecule has 1 aromatic carbocycles. The zero-order chi connectivity index (χ0) is 14.1. The number of benzene rings is 1. The molecule has 6 heteroatoms. The molecule has 1 saturated heterocycles. The van der Waals surface area contributed by atoms with Crippen LogP contribution in [0.1, 0.15) is 12.8 Å². The molecule has 0 amide bonds. The average Bonchev–Trinajstić information content (AvgIpc) is 2.47. The highest BCUT2D eigenvalue weighted by atomic mass is 16.6. The van der Waals surface area contributed by atoms with E-state index >= 15 is 0 Å². The van der Waals surface area contributed by atoms with E-state index in [1.807, 2.05) is 6.07 Å². The monoisotopic (exact) mass is 272 g/mol. The van der Waals surface area contributed by atoms with Crippen LogP contribution in [0.15, 0.2) is 30.6 Å². The van der Waals surface area contributed by atoms with E-state index in [2.05, 4.69) is 9.88 Å². The quantitative estimate of drug-likeness (QED) is 0.668. The van der Waals surface area contributed by atoms with Crippen LogP contribution < -0.4 is 10.6 Å². The summed E-state index contributed by atoms with van der Waals surface area (Å²) in [7, 11) is 0. The van der Waals surface area contributed by atoms with Crippen LogP contribution in [0.4, 0.5) is 11.4 Å². The van der Waals surface area contributed by atoms with Gasteiger partial charge in [-0.15, -0.1) is 0 Å². The summed E-state index contributed by atoms with van der Waals surface area (Å²) in [6.45, 7) is 1.76. The van der Waals surface area contributed by atoms with E-state index in [1.165, 1.54) is 0 Å². The van der Waals surface area contributed by atoms with Crippen molar-refractivity contribution in [2.75, 3.05) is 18.0 Å². The number of anilines is 1. The predicted molar refractivity (Wildman–Crippen MR) is 77.8 cm³/mol. The number of nitrogens with zero attached hydrogens (tertiary/aromatic N) is 3. The minimum absolute atomic E-state index is 0.125. The van der Waals surface area contributed by atoms with Crippen LogP contribution in [0, 0.1) is 10.1 Å². The molecule has 0 spiro atoms. The van der Waals surface area contributed by atoms with Gasteiger partial charge in [0, 0.05) is 48.7 Å². The van der Waals surface area contributed by atoms with Crippen molar-refractivity contribution in [3.05, 3.63) is 40.7 Å². The van der Waals surface area contributed by atoms with E-state index in [0.29, 0.717) is 5.39 Å².